The second-order valence-corrected chi connectivity index (χ2v) is 8.36. The average molecular weight is 399 g/mol. The van der Waals surface area contributed by atoms with E-state index >= 15 is 0 Å². The number of imidazole rings is 1. The molecule has 1 fully saturated rings. The fourth-order valence-electron chi connectivity index (χ4n) is 3.49. The first-order valence-corrected chi connectivity index (χ1v) is 9.83. The average Bonchev–Trinajstić information content (AvgIpc) is 3.06. The Hall–Kier alpha value is -2.95. The zero-order valence-electron chi connectivity index (χ0n) is 18.0. The van der Waals surface area contributed by atoms with Crippen LogP contribution in [0, 0.1) is 11.8 Å². The lowest BCUT2D eigenvalue weighted by atomic mass is 10.1. The number of amides is 1. The van der Waals surface area contributed by atoms with Gasteiger partial charge in [0.05, 0.1) is 24.0 Å². The minimum atomic E-state index is -0.525. The highest BCUT2D eigenvalue weighted by Crippen LogP contribution is 2.25. The van der Waals surface area contributed by atoms with Crippen LogP contribution in [0.5, 0.6) is 0 Å². The molecule has 3 heterocycles. The first-order chi connectivity index (χ1) is 13.6. The summed E-state index contributed by atoms with van der Waals surface area (Å²) in [4.78, 5) is 33.5. The number of fused-ring (bicyclic) bond motifs is 1. The number of hydrogen-bond acceptors (Lipinski definition) is 5. The predicted octanol–water partition coefficient (Wildman–Crippen LogP) is 2.04. The van der Waals surface area contributed by atoms with Gasteiger partial charge in [0.1, 0.15) is 5.60 Å². The van der Waals surface area contributed by atoms with Crippen molar-refractivity contribution in [3.63, 3.8) is 0 Å². The maximum atomic E-state index is 12.5. The van der Waals surface area contributed by atoms with Crippen LogP contribution in [0.15, 0.2) is 17.1 Å². The fraction of sp³-hybridized carbons (Fsp3) is 0.571. The van der Waals surface area contributed by atoms with Crippen molar-refractivity contribution >= 4 is 17.4 Å². The molecule has 29 heavy (non-hydrogen) atoms. The first kappa shape index (κ1) is 20.8. The smallest absolute Gasteiger partial charge is 0.410 e. The van der Waals surface area contributed by atoms with Crippen LogP contribution in [0.4, 0.5) is 10.5 Å². The normalized spacial score (nSPS) is 17.2. The Balaban J connectivity index is 1.90. The van der Waals surface area contributed by atoms with E-state index in [2.05, 4.69) is 16.7 Å². The number of anilines is 1. The highest BCUT2D eigenvalue weighted by molar-refractivity contribution is 5.71. The number of aromatic nitrogens is 3. The van der Waals surface area contributed by atoms with E-state index in [-0.39, 0.29) is 17.7 Å². The van der Waals surface area contributed by atoms with E-state index in [4.69, 9.17) is 9.72 Å². The molecular formula is C21H29N5O3. The SMILES string of the molecule is CC#CCc1cn2c(n1)c(N1CCN(C(=O)OC(C)(C)C)CC1C)cc(=O)n2C. The molecule has 0 spiro atoms. The molecular weight excluding hydrogens is 370 g/mol. The standard InChI is InChI=1S/C21H29N5O3/c1-7-8-9-16-14-26-19(22-16)17(12-18(27)23(26)6)25-11-10-24(13-15(25)2)20(28)29-21(3,4)5/h12,14-15H,9-11,13H2,1-6H3. The van der Waals surface area contributed by atoms with E-state index in [9.17, 15) is 9.59 Å². The van der Waals surface area contributed by atoms with Crippen LogP contribution in [-0.4, -0.2) is 56.5 Å². The number of carbonyl (C=O) groups is 1. The van der Waals surface area contributed by atoms with Gasteiger partial charge in [-0.2, -0.15) is 0 Å². The van der Waals surface area contributed by atoms with Gasteiger partial charge in [-0.1, -0.05) is 5.92 Å². The third kappa shape index (κ3) is 4.39. The van der Waals surface area contributed by atoms with Gasteiger partial charge in [-0.3, -0.25) is 4.79 Å². The summed E-state index contributed by atoms with van der Waals surface area (Å²) in [5, 5.41) is 0. The van der Waals surface area contributed by atoms with Gasteiger partial charge in [0, 0.05) is 38.8 Å². The Morgan fingerprint density at radius 2 is 2.07 bits per heavy atom. The van der Waals surface area contributed by atoms with Crippen LogP contribution in [0.2, 0.25) is 0 Å². The number of carbonyl (C=O) groups excluding carboxylic acids is 1. The van der Waals surface area contributed by atoms with Crippen molar-refractivity contribution in [2.45, 2.75) is 52.7 Å². The van der Waals surface area contributed by atoms with Gasteiger partial charge in [-0.05, 0) is 34.6 Å². The Kier molecular flexibility index (Phi) is 5.60. The van der Waals surface area contributed by atoms with Crippen LogP contribution in [0.3, 0.4) is 0 Å². The molecule has 1 aliphatic rings. The number of nitrogens with zero attached hydrogens (tertiary/aromatic N) is 5. The number of rotatable bonds is 2. The molecule has 2 aromatic rings. The van der Waals surface area contributed by atoms with E-state index in [0.717, 1.165) is 17.0 Å². The molecule has 156 valence electrons. The summed E-state index contributed by atoms with van der Waals surface area (Å²) in [5.74, 6) is 5.89. The van der Waals surface area contributed by atoms with Crippen LogP contribution >= 0.6 is 0 Å². The van der Waals surface area contributed by atoms with E-state index in [0.29, 0.717) is 26.1 Å². The summed E-state index contributed by atoms with van der Waals surface area (Å²) < 4.78 is 8.81. The molecule has 0 N–H and O–H groups in total. The molecule has 1 amide bonds. The lowest BCUT2D eigenvalue weighted by Crippen LogP contribution is -2.55. The zero-order chi connectivity index (χ0) is 21.3. The number of piperazine rings is 1. The fourth-order valence-corrected chi connectivity index (χ4v) is 3.49. The van der Waals surface area contributed by atoms with Gasteiger partial charge in [0.2, 0.25) is 0 Å². The third-order valence-corrected chi connectivity index (χ3v) is 4.90. The molecule has 1 atom stereocenters. The van der Waals surface area contributed by atoms with Crippen molar-refractivity contribution in [1.29, 1.82) is 0 Å². The molecule has 1 unspecified atom stereocenters. The zero-order valence-corrected chi connectivity index (χ0v) is 18.0. The van der Waals surface area contributed by atoms with Gasteiger partial charge in [0.15, 0.2) is 5.65 Å². The lowest BCUT2D eigenvalue weighted by Gasteiger charge is -2.41. The highest BCUT2D eigenvalue weighted by Gasteiger charge is 2.31. The molecule has 0 bridgehead atoms. The largest absolute Gasteiger partial charge is 0.444 e. The van der Waals surface area contributed by atoms with Crippen molar-refractivity contribution in [2.24, 2.45) is 7.05 Å². The van der Waals surface area contributed by atoms with Crippen LogP contribution in [0.25, 0.3) is 5.65 Å². The minimum Gasteiger partial charge on any atom is -0.444 e. The van der Waals surface area contributed by atoms with E-state index in [1.54, 1.807) is 29.5 Å². The van der Waals surface area contributed by atoms with Crippen molar-refractivity contribution in [3.05, 3.63) is 28.3 Å². The quantitative estimate of drug-likeness (QED) is 0.723. The Bertz CT molecular complexity index is 1030. The Morgan fingerprint density at radius 3 is 2.69 bits per heavy atom. The first-order valence-electron chi connectivity index (χ1n) is 9.83. The Labute approximate surface area is 171 Å². The van der Waals surface area contributed by atoms with Crippen LogP contribution in [0.1, 0.15) is 40.3 Å². The summed E-state index contributed by atoms with van der Waals surface area (Å²) >= 11 is 0. The van der Waals surface area contributed by atoms with Gasteiger partial charge in [-0.15, -0.1) is 5.92 Å². The summed E-state index contributed by atoms with van der Waals surface area (Å²) in [5.41, 5.74) is 1.68. The van der Waals surface area contributed by atoms with Crippen molar-refractivity contribution in [3.8, 4) is 11.8 Å². The van der Waals surface area contributed by atoms with E-state index in [1.165, 1.54) is 4.68 Å². The Morgan fingerprint density at radius 1 is 1.34 bits per heavy atom. The molecule has 1 saturated heterocycles. The number of hydrogen-bond donors (Lipinski definition) is 0. The topological polar surface area (TPSA) is 72.1 Å². The molecule has 3 rings (SSSR count). The van der Waals surface area contributed by atoms with E-state index < -0.39 is 5.60 Å². The third-order valence-electron chi connectivity index (χ3n) is 4.90. The number of ether oxygens (including phenoxy) is 1. The highest BCUT2D eigenvalue weighted by atomic mass is 16.6. The minimum absolute atomic E-state index is 0.0164. The molecule has 8 nitrogen and oxygen atoms in total. The predicted molar refractivity (Wildman–Crippen MR) is 112 cm³/mol. The number of aryl methyl sites for hydroxylation is 1. The monoisotopic (exact) mass is 399 g/mol. The van der Waals surface area contributed by atoms with Crippen molar-refractivity contribution < 1.29 is 9.53 Å². The maximum Gasteiger partial charge on any atom is 0.410 e. The molecule has 1 aliphatic heterocycles. The van der Waals surface area contributed by atoms with Crippen molar-refractivity contribution in [1.82, 2.24) is 19.1 Å². The second-order valence-electron chi connectivity index (χ2n) is 8.36. The lowest BCUT2D eigenvalue weighted by molar-refractivity contribution is 0.0219. The van der Waals surface area contributed by atoms with Gasteiger partial charge < -0.3 is 14.5 Å². The van der Waals surface area contributed by atoms with Crippen LogP contribution in [-0.2, 0) is 18.2 Å². The molecule has 0 aromatic carbocycles. The molecule has 0 radical (unpaired) electrons. The van der Waals surface area contributed by atoms with Gasteiger partial charge in [0.25, 0.3) is 5.56 Å². The molecule has 8 heteroatoms. The van der Waals surface area contributed by atoms with Crippen molar-refractivity contribution in [2.75, 3.05) is 24.5 Å². The second kappa shape index (κ2) is 7.82. The summed E-state index contributed by atoms with van der Waals surface area (Å²) in [6.07, 6.45) is 2.08. The summed E-state index contributed by atoms with van der Waals surface area (Å²) in [6.45, 7) is 11.1. The summed E-state index contributed by atoms with van der Waals surface area (Å²) in [7, 11) is 1.72. The van der Waals surface area contributed by atoms with Gasteiger partial charge >= 0.3 is 6.09 Å². The molecule has 0 saturated carbocycles. The molecule has 0 aliphatic carbocycles. The van der Waals surface area contributed by atoms with Gasteiger partial charge in [-0.25, -0.2) is 19.0 Å². The maximum absolute atomic E-state index is 12.5. The summed E-state index contributed by atoms with van der Waals surface area (Å²) in [6, 6.07) is 1.64. The van der Waals surface area contributed by atoms with E-state index in [1.807, 2.05) is 33.9 Å². The molecule has 2 aromatic heterocycles. The van der Waals surface area contributed by atoms with Crippen LogP contribution < -0.4 is 10.5 Å².